The van der Waals surface area contributed by atoms with Crippen molar-refractivity contribution in [3.05, 3.63) is 63.8 Å². The van der Waals surface area contributed by atoms with Crippen LogP contribution in [0.1, 0.15) is 10.9 Å². The minimum absolute atomic E-state index is 0.231. The summed E-state index contributed by atoms with van der Waals surface area (Å²) < 4.78 is 16.1. The molecule has 0 radical (unpaired) electrons. The summed E-state index contributed by atoms with van der Waals surface area (Å²) in [4.78, 5) is 9.11. The zero-order valence-electron chi connectivity index (χ0n) is 13.9. The van der Waals surface area contributed by atoms with E-state index in [0.29, 0.717) is 28.9 Å². The minimum Gasteiger partial charge on any atom is -0.454 e. The SMILES string of the molecule is Clc1cccc(-c2csc(Cc3nc(-c4ccc5c(c4)OCO5)no3)n2)c1. The normalized spacial score (nSPS) is 12.5. The Bertz CT molecular complexity index is 1120. The quantitative estimate of drug-likeness (QED) is 0.491. The van der Waals surface area contributed by atoms with Gasteiger partial charge in [-0.3, -0.25) is 0 Å². The first kappa shape index (κ1) is 16.3. The fourth-order valence-electron chi connectivity index (χ4n) is 2.78. The highest BCUT2D eigenvalue weighted by molar-refractivity contribution is 7.10. The fraction of sp³-hybridized carbons (Fsp3) is 0.105. The molecule has 3 heterocycles. The molecule has 6 nitrogen and oxygen atoms in total. The number of hydrogen-bond donors (Lipinski definition) is 0. The summed E-state index contributed by atoms with van der Waals surface area (Å²) in [5.41, 5.74) is 2.68. The molecule has 0 aliphatic carbocycles. The van der Waals surface area contributed by atoms with Gasteiger partial charge in [-0.1, -0.05) is 28.9 Å². The Labute approximate surface area is 163 Å². The molecule has 0 spiro atoms. The highest BCUT2D eigenvalue weighted by atomic mass is 35.5. The predicted molar refractivity (Wildman–Crippen MR) is 101 cm³/mol. The summed E-state index contributed by atoms with van der Waals surface area (Å²) in [5.74, 6) is 2.42. The Morgan fingerprint density at radius 1 is 1.00 bits per heavy atom. The summed E-state index contributed by atoms with van der Waals surface area (Å²) in [6, 6.07) is 13.2. The summed E-state index contributed by atoms with van der Waals surface area (Å²) in [7, 11) is 0. The maximum absolute atomic E-state index is 6.05. The van der Waals surface area contributed by atoms with Gasteiger partial charge in [0.15, 0.2) is 11.5 Å². The van der Waals surface area contributed by atoms with Gasteiger partial charge in [0, 0.05) is 21.5 Å². The van der Waals surface area contributed by atoms with Crippen molar-refractivity contribution < 1.29 is 14.0 Å². The number of rotatable bonds is 4. The van der Waals surface area contributed by atoms with Crippen molar-refractivity contribution in [2.45, 2.75) is 6.42 Å². The Hall–Kier alpha value is -2.90. The zero-order chi connectivity index (χ0) is 18.2. The first-order valence-corrected chi connectivity index (χ1v) is 9.43. The van der Waals surface area contributed by atoms with Gasteiger partial charge in [-0.05, 0) is 30.3 Å². The molecule has 2 aromatic carbocycles. The Balaban J connectivity index is 1.35. The lowest BCUT2D eigenvalue weighted by molar-refractivity contribution is 0.174. The molecular weight excluding hydrogens is 386 g/mol. The van der Waals surface area contributed by atoms with Crippen LogP contribution in [0.3, 0.4) is 0 Å². The summed E-state index contributed by atoms with van der Waals surface area (Å²) in [5, 5.41) is 7.64. The monoisotopic (exact) mass is 397 g/mol. The van der Waals surface area contributed by atoms with E-state index in [1.807, 2.05) is 47.8 Å². The van der Waals surface area contributed by atoms with Crippen LogP contribution in [-0.2, 0) is 6.42 Å². The van der Waals surface area contributed by atoms with Crippen LogP contribution in [0.4, 0.5) is 0 Å². The molecule has 8 heteroatoms. The molecule has 0 fully saturated rings. The van der Waals surface area contributed by atoms with Gasteiger partial charge in [0.1, 0.15) is 5.01 Å². The lowest BCUT2D eigenvalue weighted by Gasteiger charge is -1.97. The average molecular weight is 398 g/mol. The fourth-order valence-corrected chi connectivity index (χ4v) is 3.77. The van der Waals surface area contributed by atoms with Crippen LogP contribution in [0.25, 0.3) is 22.6 Å². The molecule has 0 amide bonds. The van der Waals surface area contributed by atoms with Gasteiger partial charge in [0.2, 0.25) is 18.5 Å². The molecule has 134 valence electrons. The Morgan fingerprint density at radius 3 is 2.85 bits per heavy atom. The van der Waals surface area contributed by atoms with Crippen molar-refractivity contribution in [1.29, 1.82) is 0 Å². The second-order valence-corrected chi connectivity index (χ2v) is 7.27. The number of thiazole rings is 1. The largest absolute Gasteiger partial charge is 0.454 e. The molecule has 2 aromatic heterocycles. The second-order valence-electron chi connectivity index (χ2n) is 5.89. The lowest BCUT2D eigenvalue weighted by atomic mass is 10.2. The maximum atomic E-state index is 6.05. The third kappa shape index (κ3) is 3.27. The van der Waals surface area contributed by atoms with Gasteiger partial charge in [-0.25, -0.2) is 4.98 Å². The summed E-state index contributed by atoms with van der Waals surface area (Å²) in [6.07, 6.45) is 0.475. The standard InChI is InChI=1S/C19H12ClN3O3S/c20-13-3-1-2-11(6-13)14-9-27-18(21-14)8-17-22-19(23-26-17)12-4-5-15-16(7-12)25-10-24-15/h1-7,9H,8,10H2. The maximum Gasteiger partial charge on any atom is 0.233 e. The Morgan fingerprint density at radius 2 is 1.93 bits per heavy atom. The first-order chi connectivity index (χ1) is 13.2. The molecular formula is C19H12ClN3O3S. The van der Waals surface area contributed by atoms with Crippen LogP contribution < -0.4 is 9.47 Å². The molecule has 1 aliphatic rings. The second kappa shape index (κ2) is 6.68. The number of ether oxygens (including phenoxy) is 2. The van der Waals surface area contributed by atoms with Gasteiger partial charge in [0.05, 0.1) is 12.1 Å². The molecule has 4 aromatic rings. The van der Waals surface area contributed by atoms with E-state index in [1.165, 1.54) is 0 Å². The van der Waals surface area contributed by atoms with Crippen molar-refractivity contribution in [1.82, 2.24) is 15.1 Å². The number of halogens is 1. The molecule has 0 unspecified atom stereocenters. The zero-order valence-corrected chi connectivity index (χ0v) is 15.5. The van der Waals surface area contributed by atoms with E-state index < -0.39 is 0 Å². The summed E-state index contributed by atoms with van der Waals surface area (Å²) in [6.45, 7) is 0.231. The smallest absolute Gasteiger partial charge is 0.233 e. The van der Waals surface area contributed by atoms with E-state index in [0.717, 1.165) is 27.6 Å². The van der Waals surface area contributed by atoms with E-state index in [2.05, 4.69) is 15.1 Å². The highest BCUT2D eigenvalue weighted by Gasteiger charge is 2.17. The average Bonchev–Trinajstić information content (AvgIpc) is 3.42. The van der Waals surface area contributed by atoms with E-state index in [4.69, 9.17) is 25.6 Å². The molecule has 0 atom stereocenters. The van der Waals surface area contributed by atoms with E-state index in [9.17, 15) is 0 Å². The number of aromatic nitrogens is 3. The van der Waals surface area contributed by atoms with Crippen LogP contribution >= 0.6 is 22.9 Å². The van der Waals surface area contributed by atoms with Crippen LogP contribution in [0.15, 0.2) is 52.4 Å². The molecule has 0 bridgehead atoms. The number of nitrogens with zero attached hydrogens (tertiary/aromatic N) is 3. The predicted octanol–water partition coefficient (Wildman–Crippen LogP) is 4.83. The van der Waals surface area contributed by atoms with E-state index >= 15 is 0 Å². The van der Waals surface area contributed by atoms with Gasteiger partial charge >= 0.3 is 0 Å². The molecule has 5 rings (SSSR count). The van der Waals surface area contributed by atoms with Crippen LogP contribution in [-0.4, -0.2) is 21.9 Å². The topological polar surface area (TPSA) is 70.3 Å². The van der Waals surface area contributed by atoms with Crippen molar-refractivity contribution in [2.24, 2.45) is 0 Å². The first-order valence-electron chi connectivity index (χ1n) is 8.17. The van der Waals surface area contributed by atoms with Crippen molar-refractivity contribution in [2.75, 3.05) is 6.79 Å². The van der Waals surface area contributed by atoms with Gasteiger partial charge in [-0.2, -0.15) is 4.98 Å². The van der Waals surface area contributed by atoms with Crippen molar-refractivity contribution in [3.63, 3.8) is 0 Å². The Kier molecular flexibility index (Phi) is 4.03. The number of benzene rings is 2. The third-order valence-corrected chi connectivity index (χ3v) is 5.16. The van der Waals surface area contributed by atoms with Crippen LogP contribution in [0.5, 0.6) is 11.5 Å². The van der Waals surface area contributed by atoms with Gasteiger partial charge in [-0.15, -0.1) is 11.3 Å². The van der Waals surface area contributed by atoms with Crippen molar-refractivity contribution in [3.8, 4) is 34.1 Å². The van der Waals surface area contributed by atoms with Crippen LogP contribution in [0, 0.1) is 0 Å². The molecule has 1 aliphatic heterocycles. The van der Waals surface area contributed by atoms with E-state index in [-0.39, 0.29) is 6.79 Å². The third-order valence-electron chi connectivity index (χ3n) is 4.07. The minimum atomic E-state index is 0.231. The van der Waals surface area contributed by atoms with Gasteiger partial charge in [0.25, 0.3) is 0 Å². The van der Waals surface area contributed by atoms with Crippen molar-refractivity contribution >= 4 is 22.9 Å². The van der Waals surface area contributed by atoms with E-state index in [1.54, 1.807) is 11.3 Å². The summed E-state index contributed by atoms with van der Waals surface area (Å²) >= 11 is 7.60. The molecule has 0 saturated heterocycles. The molecule has 27 heavy (non-hydrogen) atoms. The molecule has 0 N–H and O–H groups in total. The number of hydrogen-bond acceptors (Lipinski definition) is 7. The highest BCUT2D eigenvalue weighted by Crippen LogP contribution is 2.35. The molecule has 0 saturated carbocycles. The van der Waals surface area contributed by atoms with Crippen LogP contribution in [0.2, 0.25) is 5.02 Å². The lowest BCUT2D eigenvalue weighted by Crippen LogP contribution is -1.92. The number of fused-ring (bicyclic) bond motifs is 1. The van der Waals surface area contributed by atoms with Gasteiger partial charge < -0.3 is 14.0 Å².